The van der Waals surface area contributed by atoms with Gasteiger partial charge >= 0.3 is 12.1 Å². The molecule has 0 radical (unpaired) electrons. The quantitative estimate of drug-likeness (QED) is 0.676. The van der Waals surface area contributed by atoms with Gasteiger partial charge in [0.05, 0.1) is 18.0 Å². The Balaban J connectivity index is 2.20. The molecule has 0 amide bonds. The Morgan fingerprint density at radius 2 is 2.00 bits per heavy atom. The van der Waals surface area contributed by atoms with Crippen LogP contribution in [0.4, 0.5) is 19.0 Å². The van der Waals surface area contributed by atoms with E-state index in [2.05, 4.69) is 9.97 Å². The number of benzene rings is 1. The summed E-state index contributed by atoms with van der Waals surface area (Å²) in [6, 6.07) is 3.96. The van der Waals surface area contributed by atoms with Gasteiger partial charge < -0.3 is 10.5 Å². The summed E-state index contributed by atoms with van der Waals surface area (Å²) in [6.07, 6.45) is -2.19. The predicted octanol–water partition coefficient (Wildman–Crippen LogP) is 2.30. The second-order valence-corrected chi connectivity index (χ2v) is 3.74. The Morgan fingerprint density at radius 3 is 2.65 bits per heavy atom. The van der Waals surface area contributed by atoms with Gasteiger partial charge in [0.25, 0.3) is 0 Å². The number of nitrogens with two attached hydrogens (primary N) is 1. The Morgan fingerprint density at radius 1 is 1.25 bits per heavy atom. The van der Waals surface area contributed by atoms with E-state index in [9.17, 15) is 18.0 Å². The minimum atomic E-state index is -4.51. The minimum absolute atomic E-state index is 0.00323. The van der Waals surface area contributed by atoms with Gasteiger partial charge in [-0.25, -0.2) is 9.78 Å². The molecule has 2 aromatic rings. The molecule has 0 bridgehead atoms. The molecule has 0 aliphatic carbocycles. The number of hydrogen-bond donors (Lipinski definition) is 1. The predicted molar refractivity (Wildman–Crippen MR) is 62.8 cm³/mol. The molecule has 0 unspecified atom stereocenters. The Kier molecular flexibility index (Phi) is 3.55. The molecule has 2 N–H and O–H groups in total. The zero-order valence-electron chi connectivity index (χ0n) is 9.89. The number of aromatic nitrogens is 2. The van der Waals surface area contributed by atoms with Crippen molar-refractivity contribution >= 4 is 11.8 Å². The van der Waals surface area contributed by atoms with E-state index in [-0.39, 0.29) is 17.3 Å². The molecular formula is C12H8F3N3O2. The fourth-order valence-corrected chi connectivity index (χ4v) is 1.37. The second-order valence-electron chi connectivity index (χ2n) is 3.74. The largest absolute Gasteiger partial charge is 0.422 e. The first-order valence-corrected chi connectivity index (χ1v) is 5.33. The SMILES string of the molecule is Nc1cncc(C(=O)Oc2cccc(C(F)(F)F)c2)n1. The first-order chi connectivity index (χ1) is 9.36. The van der Waals surface area contributed by atoms with E-state index in [1.54, 1.807) is 0 Å². The fourth-order valence-electron chi connectivity index (χ4n) is 1.37. The third kappa shape index (κ3) is 3.22. The van der Waals surface area contributed by atoms with E-state index >= 15 is 0 Å². The van der Waals surface area contributed by atoms with E-state index in [0.717, 1.165) is 24.4 Å². The summed E-state index contributed by atoms with van der Waals surface area (Å²) in [5.41, 5.74) is 4.23. The molecule has 2 rings (SSSR count). The number of esters is 1. The van der Waals surface area contributed by atoms with Crippen molar-refractivity contribution in [1.29, 1.82) is 0 Å². The molecular weight excluding hydrogens is 275 g/mol. The zero-order valence-corrected chi connectivity index (χ0v) is 9.89. The van der Waals surface area contributed by atoms with Gasteiger partial charge in [-0.3, -0.25) is 4.98 Å². The molecule has 104 valence electrons. The Bertz CT molecular complexity index is 644. The lowest BCUT2D eigenvalue weighted by molar-refractivity contribution is -0.137. The molecule has 1 heterocycles. The normalized spacial score (nSPS) is 11.2. The van der Waals surface area contributed by atoms with Gasteiger partial charge in [-0.05, 0) is 18.2 Å². The van der Waals surface area contributed by atoms with Crippen LogP contribution in [-0.4, -0.2) is 15.9 Å². The number of carbonyl (C=O) groups is 1. The summed E-state index contributed by atoms with van der Waals surface area (Å²) in [6.45, 7) is 0. The molecule has 8 heteroatoms. The average Bonchev–Trinajstić information content (AvgIpc) is 2.38. The molecule has 0 saturated heterocycles. The number of rotatable bonds is 2. The number of anilines is 1. The standard InChI is InChI=1S/C12H8F3N3O2/c13-12(14,15)7-2-1-3-8(4-7)20-11(19)9-5-17-6-10(16)18-9/h1-6H,(H2,16,18). The monoisotopic (exact) mass is 283 g/mol. The first kappa shape index (κ1) is 13.8. The molecule has 0 saturated carbocycles. The van der Waals surface area contributed by atoms with Crippen LogP contribution in [0.2, 0.25) is 0 Å². The van der Waals surface area contributed by atoms with Crippen molar-refractivity contribution < 1.29 is 22.7 Å². The number of hydrogen-bond acceptors (Lipinski definition) is 5. The van der Waals surface area contributed by atoms with Crippen molar-refractivity contribution in [3.8, 4) is 5.75 Å². The van der Waals surface area contributed by atoms with Crippen LogP contribution >= 0.6 is 0 Å². The lowest BCUT2D eigenvalue weighted by atomic mass is 10.2. The van der Waals surface area contributed by atoms with Crippen molar-refractivity contribution in [2.24, 2.45) is 0 Å². The maximum atomic E-state index is 12.5. The van der Waals surface area contributed by atoms with Crippen LogP contribution < -0.4 is 10.5 Å². The van der Waals surface area contributed by atoms with Crippen molar-refractivity contribution in [2.45, 2.75) is 6.18 Å². The van der Waals surface area contributed by atoms with Gasteiger partial charge in [-0.1, -0.05) is 6.07 Å². The summed E-state index contributed by atoms with van der Waals surface area (Å²) in [5, 5.41) is 0. The van der Waals surface area contributed by atoms with Crippen molar-refractivity contribution in [1.82, 2.24) is 9.97 Å². The molecule has 1 aromatic heterocycles. The minimum Gasteiger partial charge on any atom is -0.422 e. The lowest BCUT2D eigenvalue weighted by Crippen LogP contribution is -2.13. The summed E-state index contributed by atoms with van der Waals surface area (Å²) >= 11 is 0. The molecule has 20 heavy (non-hydrogen) atoms. The van der Waals surface area contributed by atoms with E-state index in [4.69, 9.17) is 10.5 Å². The number of carbonyl (C=O) groups excluding carboxylic acids is 1. The summed E-state index contributed by atoms with van der Waals surface area (Å²) < 4.78 is 42.3. The van der Waals surface area contributed by atoms with Crippen LogP contribution in [0.25, 0.3) is 0 Å². The molecule has 0 aliphatic rings. The number of halogens is 3. The smallest absolute Gasteiger partial charge is 0.416 e. The zero-order chi connectivity index (χ0) is 14.8. The van der Waals surface area contributed by atoms with Crippen LogP contribution in [0.5, 0.6) is 5.75 Å². The van der Waals surface area contributed by atoms with Crippen molar-refractivity contribution in [3.05, 3.63) is 47.9 Å². The Labute approximate surface area is 111 Å². The molecule has 0 atom stereocenters. The molecule has 1 aromatic carbocycles. The van der Waals surface area contributed by atoms with E-state index in [0.29, 0.717) is 0 Å². The van der Waals surface area contributed by atoms with Gasteiger partial charge in [0.2, 0.25) is 0 Å². The number of nitrogen functional groups attached to an aromatic ring is 1. The molecule has 5 nitrogen and oxygen atoms in total. The van der Waals surface area contributed by atoms with Crippen LogP contribution in [-0.2, 0) is 6.18 Å². The molecule has 0 spiro atoms. The number of alkyl halides is 3. The van der Waals surface area contributed by atoms with E-state index in [1.807, 2.05) is 0 Å². The fraction of sp³-hybridized carbons (Fsp3) is 0.0833. The second kappa shape index (κ2) is 5.16. The van der Waals surface area contributed by atoms with Gasteiger partial charge in [-0.15, -0.1) is 0 Å². The lowest BCUT2D eigenvalue weighted by Gasteiger charge is -2.08. The van der Waals surface area contributed by atoms with Gasteiger partial charge in [0.1, 0.15) is 11.6 Å². The maximum Gasteiger partial charge on any atom is 0.416 e. The topological polar surface area (TPSA) is 78.1 Å². The van der Waals surface area contributed by atoms with Crippen LogP contribution in [0.3, 0.4) is 0 Å². The highest BCUT2D eigenvalue weighted by atomic mass is 19.4. The highest BCUT2D eigenvalue weighted by molar-refractivity contribution is 5.89. The van der Waals surface area contributed by atoms with Crippen LogP contribution in [0.1, 0.15) is 16.1 Å². The van der Waals surface area contributed by atoms with E-state index < -0.39 is 17.7 Å². The average molecular weight is 283 g/mol. The van der Waals surface area contributed by atoms with Gasteiger partial charge in [0, 0.05) is 0 Å². The van der Waals surface area contributed by atoms with Gasteiger partial charge in [-0.2, -0.15) is 13.2 Å². The summed E-state index contributed by atoms with van der Waals surface area (Å²) in [5.74, 6) is -1.18. The molecule has 0 fully saturated rings. The van der Waals surface area contributed by atoms with Gasteiger partial charge in [0.15, 0.2) is 5.69 Å². The number of ether oxygens (including phenoxy) is 1. The van der Waals surface area contributed by atoms with Crippen LogP contribution in [0, 0.1) is 0 Å². The Hall–Kier alpha value is -2.64. The van der Waals surface area contributed by atoms with E-state index in [1.165, 1.54) is 12.3 Å². The summed E-state index contributed by atoms with van der Waals surface area (Å²) in [7, 11) is 0. The maximum absolute atomic E-state index is 12.5. The highest BCUT2D eigenvalue weighted by Gasteiger charge is 2.30. The molecule has 0 aliphatic heterocycles. The third-order valence-electron chi connectivity index (χ3n) is 2.23. The summed E-state index contributed by atoms with van der Waals surface area (Å²) in [4.78, 5) is 19.0. The van der Waals surface area contributed by atoms with Crippen molar-refractivity contribution in [3.63, 3.8) is 0 Å². The first-order valence-electron chi connectivity index (χ1n) is 5.33. The van der Waals surface area contributed by atoms with Crippen LogP contribution in [0.15, 0.2) is 36.7 Å². The third-order valence-corrected chi connectivity index (χ3v) is 2.23. The number of nitrogens with zero attached hydrogens (tertiary/aromatic N) is 2. The van der Waals surface area contributed by atoms with Crippen molar-refractivity contribution in [2.75, 3.05) is 5.73 Å². The highest BCUT2D eigenvalue weighted by Crippen LogP contribution is 2.31.